The summed E-state index contributed by atoms with van der Waals surface area (Å²) in [5.41, 5.74) is 1.09. The second-order valence-electron chi connectivity index (χ2n) is 5.58. The molecule has 7 nitrogen and oxygen atoms in total. The van der Waals surface area contributed by atoms with Gasteiger partial charge in [0.25, 0.3) is 11.7 Å². The molecule has 1 fully saturated rings. The van der Waals surface area contributed by atoms with Crippen LogP contribution in [0.1, 0.15) is 12.8 Å². The first-order valence-electron chi connectivity index (χ1n) is 7.09. The van der Waals surface area contributed by atoms with Gasteiger partial charge in [-0.2, -0.15) is 4.98 Å². The molecule has 1 aliphatic heterocycles. The van der Waals surface area contributed by atoms with Crippen molar-refractivity contribution in [2.24, 2.45) is 5.92 Å². The van der Waals surface area contributed by atoms with E-state index in [1.165, 1.54) is 25.0 Å². The SMILES string of the molecule is CN1CCCC(CNc2nc3cc([N+](=O)[O-])ccc3o2)C1. The van der Waals surface area contributed by atoms with Crippen LogP contribution in [0.25, 0.3) is 11.1 Å². The number of oxazole rings is 1. The maximum Gasteiger partial charge on any atom is 0.295 e. The summed E-state index contributed by atoms with van der Waals surface area (Å²) in [4.78, 5) is 16.9. The summed E-state index contributed by atoms with van der Waals surface area (Å²) in [6.45, 7) is 3.03. The molecule has 0 bridgehead atoms. The van der Waals surface area contributed by atoms with E-state index in [0.717, 1.165) is 19.6 Å². The summed E-state index contributed by atoms with van der Waals surface area (Å²) in [6, 6.07) is 4.87. The zero-order valence-electron chi connectivity index (χ0n) is 11.9. The monoisotopic (exact) mass is 290 g/mol. The largest absolute Gasteiger partial charge is 0.424 e. The van der Waals surface area contributed by atoms with Crippen molar-refractivity contribution in [2.45, 2.75) is 12.8 Å². The van der Waals surface area contributed by atoms with E-state index in [0.29, 0.717) is 23.0 Å². The number of nitro groups is 1. The topological polar surface area (TPSA) is 84.4 Å². The van der Waals surface area contributed by atoms with Gasteiger partial charge in [-0.3, -0.25) is 10.1 Å². The summed E-state index contributed by atoms with van der Waals surface area (Å²) in [6.07, 6.45) is 2.41. The van der Waals surface area contributed by atoms with Gasteiger partial charge < -0.3 is 14.6 Å². The second kappa shape index (κ2) is 5.69. The van der Waals surface area contributed by atoms with Crippen LogP contribution in [0.2, 0.25) is 0 Å². The molecule has 1 atom stereocenters. The molecule has 0 amide bonds. The van der Waals surface area contributed by atoms with Gasteiger partial charge in [-0.25, -0.2) is 0 Å². The maximum absolute atomic E-state index is 10.7. The van der Waals surface area contributed by atoms with E-state index in [9.17, 15) is 10.1 Å². The Bertz CT molecular complexity index is 655. The number of likely N-dealkylation sites (tertiary alicyclic amines) is 1. The molecule has 0 saturated carbocycles. The van der Waals surface area contributed by atoms with E-state index in [-0.39, 0.29) is 5.69 Å². The van der Waals surface area contributed by atoms with Gasteiger partial charge in [-0.1, -0.05) is 0 Å². The van der Waals surface area contributed by atoms with E-state index in [1.54, 1.807) is 6.07 Å². The summed E-state index contributed by atoms with van der Waals surface area (Å²) < 4.78 is 5.56. The number of rotatable bonds is 4. The van der Waals surface area contributed by atoms with E-state index < -0.39 is 4.92 Å². The summed E-state index contributed by atoms with van der Waals surface area (Å²) >= 11 is 0. The van der Waals surface area contributed by atoms with Gasteiger partial charge in [0.15, 0.2) is 5.58 Å². The zero-order chi connectivity index (χ0) is 14.8. The van der Waals surface area contributed by atoms with Crippen LogP contribution in [0, 0.1) is 16.0 Å². The third-order valence-electron chi connectivity index (χ3n) is 3.85. The number of nitrogens with one attached hydrogen (secondary N) is 1. The minimum atomic E-state index is -0.431. The van der Waals surface area contributed by atoms with Gasteiger partial charge in [-0.05, 0) is 38.4 Å². The lowest BCUT2D eigenvalue weighted by Gasteiger charge is -2.29. The molecule has 1 saturated heterocycles. The summed E-state index contributed by atoms with van der Waals surface area (Å²) in [5.74, 6) is 0.577. The fourth-order valence-corrected chi connectivity index (χ4v) is 2.78. The minimum absolute atomic E-state index is 0.0243. The molecule has 21 heavy (non-hydrogen) atoms. The Morgan fingerprint density at radius 3 is 3.19 bits per heavy atom. The highest BCUT2D eigenvalue weighted by atomic mass is 16.6. The van der Waals surface area contributed by atoms with Crippen LogP contribution < -0.4 is 5.32 Å². The van der Waals surface area contributed by atoms with Crippen LogP contribution in [0.3, 0.4) is 0 Å². The predicted octanol–water partition coefficient (Wildman–Crippen LogP) is 2.49. The van der Waals surface area contributed by atoms with Crippen molar-refractivity contribution < 1.29 is 9.34 Å². The second-order valence-corrected chi connectivity index (χ2v) is 5.58. The Morgan fingerprint density at radius 2 is 2.43 bits per heavy atom. The molecule has 2 heterocycles. The highest BCUT2D eigenvalue weighted by Gasteiger charge is 2.18. The number of piperidine rings is 1. The Kier molecular flexibility index (Phi) is 3.74. The zero-order valence-corrected chi connectivity index (χ0v) is 11.9. The molecule has 7 heteroatoms. The molecule has 0 radical (unpaired) electrons. The minimum Gasteiger partial charge on any atom is -0.424 e. The third kappa shape index (κ3) is 3.13. The Hall–Kier alpha value is -2.15. The molecule has 0 spiro atoms. The average molecular weight is 290 g/mol. The fraction of sp³-hybridized carbons (Fsp3) is 0.500. The molecule has 1 aliphatic rings. The number of benzene rings is 1. The molecular formula is C14H18N4O3. The lowest BCUT2D eigenvalue weighted by atomic mass is 9.99. The number of fused-ring (bicyclic) bond motifs is 1. The number of nitro benzene ring substituents is 1. The molecule has 1 unspecified atom stereocenters. The molecule has 0 aliphatic carbocycles. The first-order valence-corrected chi connectivity index (χ1v) is 7.09. The van der Waals surface area contributed by atoms with Gasteiger partial charge in [0, 0.05) is 25.2 Å². The Balaban J connectivity index is 1.68. The molecule has 112 valence electrons. The third-order valence-corrected chi connectivity index (χ3v) is 3.85. The van der Waals surface area contributed by atoms with Crippen LogP contribution in [0.4, 0.5) is 11.7 Å². The quantitative estimate of drug-likeness (QED) is 0.688. The molecule has 1 aromatic heterocycles. The number of hydrogen-bond donors (Lipinski definition) is 1. The lowest BCUT2D eigenvalue weighted by Crippen LogP contribution is -2.35. The first kappa shape index (κ1) is 13.8. The van der Waals surface area contributed by atoms with Crippen molar-refractivity contribution in [1.82, 2.24) is 9.88 Å². The number of aromatic nitrogens is 1. The van der Waals surface area contributed by atoms with Gasteiger partial charge in [0.2, 0.25) is 0 Å². The Morgan fingerprint density at radius 1 is 1.57 bits per heavy atom. The number of hydrogen-bond acceptors (Lipinski definition) is 6. The highest BCUT2D eigenvalue weighted by Crippen LogP contribution is 2.24. The van der Waals surface area contributed by atoms with Gasteiger partial charge >= 0.3 is 0 Å². The van der Waals surface area contributed by atoms with Gasteiger partial charge in [-0.15, -0.1) is 0 Å². The van der Waals surface area contributed by atoms with Crippen LogP contribution in [0.5, 0.6) is 0 Å². The predicted molar refractivity (Wildman–Crippen MR) is 79.4 cm³/mol. The molecule has 2 aromatic rings. The molecule has 1 aromatic carbocycles. The first-order chi connectivity index (χ1) is 10.1. The summed E-state index contributed by atoms with van der Waals surface area (Å²) in [5, 5.41) is 13.9. The van der Waals surface area contributed by atoms with Crippen molar-refractivity contribution >= 4 is 22.8 Å². The van der Waals surface area contributed by atoms with Crippen molar-refractivity contribution in [1.29, 1.82) is 0 Å². The molecule has 1 N–H and O–H groups in total. The van der Waals surface area contributed by atoms with Gasteiger partial charge in [0.1, 0.15) is 5.52 Å². The van der Waals surface area contributed by atoms with Crippen LogP contribution in [-0.2, 0) is 0 Å². The van der Waals surface area contributed by atoms with Crippen molar-refractivity contribution in [3.8, 4) is 0 Å². The highest BCUT2D eigenvalue weighted by molar-refractivity contribution is 5.77. The van der Waals surface area contributed by atoms with Crippen LogP contribution in [0.15, 0.2) is 22.6 Å². The number of anilines is 1. The Labute approximate surface area is 122 Å². The molecule has 3 rings (SSSR count). The average Bonchev–Trinajstić information content (AvgIpc) is 2.87. The van der Waals surface area contributed by atoms with Crippen molar-refractivity contribution in [3.05, 3.63) is 28.3 Å². The van der Waals surface area contributed by atoms with E-state index in [2.05, 4.69) is 22.2 Å². The van der Waals surface area contributed by atoms with Crippen LogP contribution >= 0.6 is 0 Å². The number of non-ortho nitro benzene ring substituents is 1. The maximum atomic E-state index is 10.7. The van der Waals surface area contributed by atoms with Gasteiger partial charge in [0.05, 0.1) is 4.92 Å². The van der Waals surface area contributed by atoms with Crippen LogP contribution in [-0.4, -0.2) is 41.5 Å². The van der Waals surface area contributed by atoms with E-state index in [1.807, 2.05) is 0 Å². The smallest absolute Gasteiger partial charge is 0.295 e. The standard InChI is InChI=1S/C14H18N4O3/c1-17-6-2-3-10(9-17)8-15-14-16-12-7-11(18(19)20)4-5-13(12)21-14/h4-5,7,10H,2-3,6,8-9H2,1H3,(H,15,16). The van der Waals surface area contributed by atoms with E-state index in [4.69, 9.17) is 4.42 Å². The number of nitrogens with zero attached hydrogens (tertiary/aromatic N) is 3. The summed E-state index contributed by atoms with van der Waals surface area (Å²) in [7, 11) is 2.13. The fourth-order valence-electron chi connectivity index (χ4n) is 2.78. The normalized spacial score (nSPS) is 19.8. The molecular weight excluding hydrogens is 272 g/mol. The van der Waals surface area contributed by atoms with E-state index >= 15 is 0 Å². The van der Waals surface area contributed by atoms with Crippen molar-refractivity contribution in [2.75, 3.05) is 32.0 Å². The lowest BCUT2D eigenvalue weighted by molar-refractivity contribution is -0.384. The van der Waals surface area contributed by atoms with Crippen molar-refractivity contribution in [3.63, 3.8) is 0 Å².